The standard InChI is InChI=1S/C20H23IN2O4/c1-4-10-27-16-8-6-15(7-9-16)20(24)23-22-13-14-11-17(21)19(26-5-2)18(12-14)25-3/h6-9,11-13H,4-5,10H2,1-3H3,(H,23,24)/b22-13+. The number of carbonyl (C=O) groups excluding carboxylic acids is 1. The van der Waals surface area contributed by atoms with Crippen LogP contribution in [-0.2, 0) is 0 Å². The van der Waals surface area contributed by atoms with Crippen molar-refractivity contribution in [2.75, 3.05) is 20.3 Å². The maximum Gasteiger partial charge on any atom is 0.271 e. The SMILES string of the molecule is CCCOc1ccc(C(=O)N/N=C/c2cc(I)c(OCC)c(OC)c2)cc1. The average molecular weight is 482 g/mol. The van der Waals surface area contributed by atoms with Crippen LogP contribution in [0.25, 0.3) is 0 Å². The Balaban J connectivity index is 2.02. The maximum absolute atomic E-state index is 12.2. The van der Waals surface area contributed by atoms with Crippen LogP contribution >= 0.6 is 22.6 Å². The lowest BCUT2D eigenvalue weighted by Crippen LogP contribution is -2.17. The van der Waals surface area contributed by atoms with E-state index in [1.54, 1.807) is 37.6 Å². The van der Waals surface area contributed by atoms with E-state index < -0.39 is 0 Å². The van der Waals surface area contributed by atoms with Gasteiger partial charge in [0.05, 0.1) is 30.1 Å². The summed E-state index contributed by atoms with van der Waals surface area (Å²) in [7, 11) is 1.59. The van der Waals surface area contributed by atoms with Crippen molar-refractivity contribution in [1.29, 1.82) is 0 Å². The van der Waals surface area contributed by atoms with Gasteiger partial charge in [-0.05, 0) is 77.9 Å². The Kier molecular flexibility index (Phi) is 8.38. The number of rotatable bonds is 9. The predicted octanol–water partition coefficient (Wildman–Crippen LogP) is 4.25. The third kappa shape index (κ3) is 6.13. The molecule has 0 radical (unpaired) electrons. The quantitative estimate of drug-likeness (QED) is 0.330. The Labute approximate surface area is 173 Å². The zero-order valence-corrected chi connectivity index (χ0v) is 17.8. The molecule has 0 fully saturated rings. The minimum atomic E-state index is -0.291. The third-order valence-corrected chi connectivity index (χ3v) is 4.31. The van der Waals surface area contributed by atoms with Crippen LogP contribution in [0.4, 0.5) is 0 Å². The molecule has 0 atom stereocenters. The summed E-state index contributed by atoms with van der Waals surface area (Å²) in [6.45, 7) is 5.17. The molecule has 1 N–H and O–H groups in total. The minimum Gasteiger partial charge on any atom is -0.494 e. The Hall–Kier alpha value is -2.29. The minimum absolute atomic E-state index is 0.291. The van der Waals surface area contributed by atoms with Crippen molar-refractivity contribution < 1.29 is 19.0 Å². The lowest BCUT2D eigenvalue weighted by atomic mass is 10.2. The van der Waals surface area contributed by atoms with E-state index in [0.29, 0.717) is 30.3 Å². The van der Waals surface area contributed by atoms with Gasteiger partial charge < -0.3 is 14.2 Å². The number of hydrogen-bond acceptors (Lipinski definition) is 5. The Morgan fingerprint density at radius 3 is 2.56 bits per heavy atom. The molecule has 1 amide bonds. The lowest BCUT2D eigenvalue weighted by Gasteiger charge is -2.12. The molecule has 7 heteroatoms. The fourth-order valence-electron chi connectivity index (χ4n) is 2.25. The number of nitrogens with zero attached hydrogens (tertiary/aromatic N) is 1. The van der Waals surface area contributed by atoms with Crippen LogP contribution in [0.2, 0.25) is 0 Å². The van der Waals surface area contributed by atoms with Crippen molar-refractivity contribution in [3.05, 3.63) is 51.1 Å². The molecule has 0 aliphatic carbocycles. The van der Waals surface area contributed by atoms with Crippen LogP contribution in [0.1, 0.15) is 36.2 Å². The van der Waals surface area contributed by atoms with E-state index in [9.17, 15) is 4.79 Å². The molecule has 0 saturated carbocycles. The lowest BCUT2D eigenvalue weighted by molar-refractivity contribution is 0.0955. The van der Waals surface area contributed by atoms with Gasteiger partial charge in [0.1, 0.15) is 5.75 Å². The number of ether oxygens (including phenoxy) is 3. The molecule has 2 rings (SSSR count). The van der Waals surface area contributed by atoms with Crippen molar-refractivity contribution >= 4 is 34.7 Å². The fourth-order valence-corrected chi connectivity index (χ4v) is 3.03. The van der Waals surface area contributed by atoms with Crippen molar-refractivity contribution in [2.45, 2.75) is 20.3 Å². The second-order valence-corrected chi connectivity index (χ2v) is 6.70. The molecule has 27 heavy (non-hydrogen) atoms. The van der Waals surface area contributed by atoms with Gasteiger partial charge in [-0.3, -0.25) is 4.79 Å². The summed E-state index contributed by atoms with van der Waals surface area (Å²) < 4.78 is 17.4. The number of halogens is 1. The van der Waals surface area contributed by atoms with Gasteiger partial charge in [-0.25, -0.2) is 5.43 Å². The number of hydrazone groups is 1. The molecule has 2 aromatic carbocycles. The summed E-state index contributed by atoms with van der Waals surface area (Å²) in [4.78, 5) is 12.2. The van der Waals surface area contributed by atoms with Crippen LogP contribution in [0, 0.1) is 3.57 Å². The first-order valence-corrected chi connectivity index (χ1v) is 9.73. The maximum atomic E-state index is 12.2. The summed E-state index contributed by atoms with van der Waals surface area (Å²) in [5.74, 6) is 1.78. The first kappa shape index (κ1) is 21.0. The number of carbonyl (C=O) groups is 1. The normalized spacial score (nSPS) is 10.7. The number of benzene rings is 2. The molecule has 6 nitrogen and oxygen atoms in total. The molecule has 144 valence electrons. The van der Waals surface area contributed by atoms with Gasteiger partial charge >= 0.3 is 0 Å². The van der Waals surface area contributed by atoms with Crippen molar-refractivity contribution in [1.82, 2.24) is 5.43 Å². The van der Waals surface area contributed by atoms with Gasteiger partial charge in [0, 0.05) is 5.56 Å². The molecule has 0 aliphatic heterocycles. The Bertz CT molecular complexity index is 791. The summed E-state index contributed by atoms with van der Waals surface area (Å²) in [6.07, 6.45) is 2.50. The summed E-state index contributed by atoms with van der Waals surface area (Å²) in [5, 5.41) is 4.03. The molecule has 0 saturated heterocycles. The average Bonchev–Trinajstić information content (AvgIpc) is 2.68. The zero-order chi connectivity index (χ0) is 19.6. The number of hydrogen-bond donors (Lipinski definition) is 1. The van der Waals surface area contributed by atoms with Gasteiger partial charge in [0.25, 0.3) is 5.91 Å². The molecule has 2 aromatic rings. The van der Waals surface area contributed by atoms with E-state index in [4.69, 9.17) is 14.2 Å². The Morgan fingerprint density at radius 1 is 1.19 bits per heavy atom. The first-order chi connectivity index (χ1) is 13.1. The van der Waals surface area contributed by atoms with Gasteiger partial charge in [0.2, 0.25) is 0 Å². The predicted molar refractivity (Wildman–Crippen MR) is 114 cm³/mol. The zero-order valence-electron chi connectivity index (χ0n) is 15.6. The van der Waals surface area contributed by atoms with E-state index in [1.165, 1.54) is 0 Å². The van der Waals surface area contributed by atoms with Crippen LogP contribution in [0.3, 0.4) is 0 Å². The van der Waals surface area contributed by atoms with E-state index in [-0.39, 0.29) is 5.91 Å². The van der Waals surface area contributed by atoms with Gasteiger partial charge in [-0.15, -0.1) is 0 Å². The highest BCUT2D eigenvalue weighted by Crippen LogP contribution is 2.33. The molecule has 0 aliphatic rings. The van der Waals surface area contributed by atoms with Crippen LogP contribution in [0.15, 0.2) is 41.5 Å². The number of amides is 1. The van der Waals surface area contributed by atoms with Gasteiger partial charge in [-0.2, -0.15) is 5.10 Å². The molecule has 0 aromatic heterocycles. The first-order valence-electron chi connectivity index (χ1n) is 8.65. The largest absolute Gasteiger partial charge is 0.494 e. The highest BCUT2D eigenvalue weighted by atomic mass is 127. The smallest absolute Gasteiger partial charge is 0.271 e. The molecule has 0 spiro atoms. The van der Waals surface area contributed by atoms with E-state index in [0.717, 1.165) is 21.3 Å². The highest BCUT2D eigenvalue weighted by molar-refractivity contribution is 14.1. The highest BCUT2D eigenvalue weighted by Gasteiger charge is 2.10. The molecular formula is C20H23IN2O4. The van der Waals surface area contributed by atoms with E-state index in [1.807, 2.05) is 26.0 Å². The molecule has 0 heterocycles. The summed E-state index contributed by atoms with van der Waals surface area (Å²) in [6, 6.07) is 10.7. The molecule has 0 bridgehead atoms. The number of nitrogens with one attached hydrogen (secondary N) is 1. The summed E-state index contributed by atoms with van der Waals surface area (Å²) >= 11 is 2.18. The summed E-state index contributed by atoms with van der Waals surface area (Å²) in [5.41, 5.74) is 3.83. The number of methoxy groups -OCH3 is 1. The molecule has 0 unspecified atom stereocenters. The van der Waals surface area contributed by atoms with Gasteiger partial charge in [0.15, 0.2) is 11.5 Å². The topological polar surface area (TPSA) is 69.2 Å². The monoisotopic (exact) mass is 482 g/mol. The molecular weight excluding hydrogens is 459 g/mol. The van der Waals surface area contributed by atoms with E-state index >= 15 is 0 Å². The van der Waals surface area contributed by atoms with Crippen LogP contribution < -0.4 is 19.6 Å². The van der Waals surface area contributed by atoms with Crippen LogP contribution in [0.5, 0.6) is 17.2 Å². The second-order valence-electron chi connectivity index (χ2n) is 5.54. The fraction of sp³-hybridized carbons (Fsp3) is 0.300. The van der Waals surface area contributed by atoms with Crippen molar-refractivity contribution in [3.63, 3.8) is 0 Å². The third-order valence-electron chi connectivity index (χ3n) is 3.51. The van der Waals surface area contributed by atoms with Crippen molar-refractivity contribution in [3.8, 4) is 17.2 Å². The van der Waals surface area contributed by atoms with Crippen LogP contribution in [-0.4, -0.2) is 32.4 Å². The second kappa shape index (κ2) is 10.8. The van der Waals surface area contributed by atoms with Crippen molar-refractivity contribution in [2.24, 2.45) is 5.10 Å². The van der Waals surface area contributed by atoms with E-state index in [2.05, 4.69) is 33.1 Å². The Morgan fingerprint density at radius 2 is 1.93 bits per heavy atom. The van der Waals surface area contributed by atoms with Gasteiger partial charge in [-0.1, -0.05) is 6.92 Å².